The topological polar surface area (TPSA) is 86.3 Å². The molecular formula is C14H27NO6P2. The molecular weight excluding hydrogens is 340 g/mol. The zero-order chi connectivity index (χ0) is 16.6. The van der Waals surface area contributed by atoms with Crippen LogP contribution in [-0.2, 0) is 20.2 Å². The Morgan fingerprint density at radius 2 is 2.00 bits per heavy atom. The van der Waals surface area contributed by atoms with E-state index in [1.807, 2.05) is 6.92 Å². The molecule has 0 radical (unpaired) electrons. The van der Waals surface area contributed by atoms with E-state index in [2.05, 4.69) is 5.32 Å². The van der Waals surface area contributed by atoms with Gasteiger partial charge in [0.2, 0.25) is 0 Å². The van der Waals surface area contributed by atoms with Gasteiger partial charge in [0, 0.05) is 12.1 Å². The van der Waals surface area contributed by atoms with Crippen LogP contribution >= 0.6 is 17.7 Å². The zero-order valence-corrected chi connectivity index (χ0v) is 16.4. The Kier molecular flexibility index (Phi) is 10.7. The molecule has 0 fully saturated rings. The Bertz CT molecular complexity index is 501. The van der Waals surface area contributed by atoms with E-state index in [1.54, 1.807) is 26.1 Å². The van der Waals surface area contributed by atoms with Gasteiger partial charge < -0.3 is 19.7 Å². The molecule has 1 aromatic rings. The Hall–Kier alpha value is -0.680. The highest BCUT2D eigenvalue weighted by Crippen LogP contribution is 2.52. The number of benzene rings is 1. The smallest absolute Gasteiger partial charge is 0.493 e. The summed E-state index contributed by atoms with van der Waals surface area (Å²) < 4.78 is 33.8. The van der Waals surface area contributed by atoms with Crippen LogP contribution in [0.25, 0.3) is 0 Å². The number of hydrogen-bond acceptors (Lipinski definition) is 7. The second-order valence-corrected chi connectivity index (χ2v) is 6.10. The van der Waals surface area contributed by atoms with Crippen LogP contribution in [0.2, 0.25) is 0 Å². The van der Waals surface area contributed by atoms with E-state index >= 15 is 0 Å². The van der Waals surface area contributed by atoms with Gasteiger partial charge in [-0.3, -0.25) is 9.05 Å². The fraction of sp³-hybridized carbons (Fsp3) is 0.571. The summed E-state index contributed by atoms with van der Waals surface area (Å²) in [5.74, 6) is 0.526. The summed E-state index contributed by atoms with van der Waals surface area (Å²) in [4.78, 5) is 0. The van der Waals surface area contributed by atoms with E-state index in [-0.39, 0.29) is 35.5 Å². The first-order valence-electron chi connectivity index (χ1n) is 7.01. The van der Waals surface area contributed by atoms with Crippen molar-refractivity contribution in [3.8, 4) is 11.5 Å². The van der Waals surface area contributed by atoms with Gasteiger partial charge in [-0.05, 0) is 38.6 Å². The summed E-state index contributed by atoms with van der Waals surface area (Å²) >= 11 is 0. The lowest BCUT2D eigenvalue weighted by Gasteiger charge is -2.21. The molecule has 0 spiro atoms. The molecule has 0 aliphatic rings. The summed E-state index contributed by atoms with van der Waals surface area (Å²) in [6, 6.07) is 3.44. The summed E-state index contributed by atoms with van der Waals surface area (Å²) in [5, 5.41) is 12.4. The van der Waals surface area contributed by atoms with Crippen LogP contribution in [0.5, 0.6) is 11.5 Å². The molecule has 0 saturated carbocycles. The van der Waals surface area contributed by atoms with E-state index < -0.39 is 7.82 Å². The normalized spacial score (nSPS) is 13.1. The Morgan fingerprint density at radius 3 is 2.52 bits per heavy atom. The van der Waals surface area contributed by atoms with Gasteiger partial charge in [0.25, 0.3) is 0 Å². The van der Waals surface area contributed by atoms with Gasteiger partial charge in [-0.1, -0.05) is 0 Å². The first-order valence-corrected chi connectivity index (χ1v) is 8.47. The molecule has 0 aliphatic heterocycles. The molecule has 2 N–H and O–H groups in total. The van der Waals surface area contributed by atoms with Crippen molar-refractivity contribution in [2.24, 2.45) is 0 Å². The number of aliphatic hydroxyl groups excluding tert-OH is 1. The first-order chi connectivity index (χ1) is 10.5. The summed E-state index contributed by atoms with van der Waals surface area (Å²) in [5.41, 5.74) is 1.34. The maximum absolute atomic E-state index is 12.6. The fourth-order valence-electron chi connectivity index (χ4n) is 1.80. The third kappa shape index (κ3) is 6.76. The summed E-state index contributed by atoms with van der Waals surface area (Å²) in [6.07, 6.45) is 0. The second-order valence-electron chi connectivity index (χ2n) is 4.51. The number of phosphoric acid groups is 1. The maximum Gasteiger partial charge on any atom is 0.530 e. The van der Waals surface area contributed by atoms with Crippen molar-refractivity contribution < 1.29 is 28.0 Å². The van der Waals surface area contributed by atoms with Crippen LogP contribution < -0.4 is 14.6 Å². The minimum Gasteiger partial charge on any atom is -0.493 e. The molecule has 23 heavy (non-hydrogen) atoms. The van der Waals surface area contributed by atoms with E-state index in [4.69, 9.17) is 18.3 Å². The van der Waals surface area contributed by atoms with Crippen molar-refractivity contribution in [1.29, 1.82) is 0 Å². The second kappa shape index (κ2) is 11.0. The van der Waals surface area contributed by atoms with Gasteiger partial charge in [-0.15, -0.1) is 0 Å². The fourth-order valence-corrected chi connectivity index (χ4v) is 3.05. The quantitative estimate of drug-likeness (QED) is 0.485. The average molecular weight is 367 g/mol. The number of aliphatic hydroxyl groups is 1. The number of rotatable bonds is 10. The van der Waals surface area contributed by atoms with E-state index in [0.717, 1.165) is 5.56 Å². The predicted octanol–water partition coefficient (Wildman–Crippen LogP) is 2.31. The highest BCUT2D eigenvalue weighted by molar-refractivity contribution is 7.48. The van der Waals surface area contributed by atoms with E-state index in [0.29, 0.717) is 17.9 Å². The highest BCUT2D eigenvalue weighted by Gasteiger charge is 2.30. The molecule has 7 nitrogen and oxygen atoms in total. The minimum atomic E-state index is -3.80. The van der Waals surface area contributed by atoms with Gasteiger partial charge in [0.15, 0.2) is 11.5 Å². The molecule has 2 atom stereocenters. The van der Waals surface area contributed by atoms with Crippen LogP contribution in [0, 0.1) is 6.92 Å². The highest BCUT2D eigenvalue weighted by atomic mass is 31.2. The molecule has 134 valence electrons. The van der Waals surface area contributed by atoms with Crippen molar-refractivity contribution in [3.63, 3.8) is 0 Å². The molecule has 0 saturated heterocycles. The predicted molar refractivity (Wildman–Crippen MR) is 94.5 cm³/mol. The third-order valence-electron chi connectivity index (χ3n) is 2.76. The maximum atomic E-state index is 12.6. The molecule has 2 unspecified atom stereocenters. The Labute approximate surface area is 140 Å². The van der Waals surface area contributed by atoms with Crippen LogP contribution in [-0.4, -0.2) is 39.0 Å². The van der Waals surface area contributed by atoms with Crippen molar-refractivity contribution >= 4 is 17.7 Å². The van der Waals surface area contributed by atoms with Gasteiger partial charge in [-0.2, -0.15) is 9.90 Å². The van der Waals surface area contributed by atoms with E-state index in [9.17, 15) is 9.67 Å². The number of likely N-dealkylation sites (N-methyl/N-ethyl adjacent to an activating group) is 1. The molecule has 1 aromatic carbocycles. The number of hydrogen-bond donors (Lipinski definition) is 2. The first kappa shape index (κ1) is 22.3. The van der Waals surface area contributed by atoms with Crippen LogP contribution in [0.4, 0.5) is 0 Å². The number of nitrogens with one attached hydrogen (secondary N) is 1. The largest absolute Gasteiger partial charge is 0.530 e. The van der Waals surface area contributed by atoms with Crippen LogP contribution in [0.15, 0.2) is 12.1 Å². The molecule has 0 heterocycles. The number of ether oxygens (including phenoxy) is 1. The SMILES string of the molecule is CCOP(=O)(OCCNC)Oc1c(CO)cc(C)cc1OC.P. The Balaban J connectivity index is 0.00000484. The molecule has 0 aromatic heterocycles. The van der Waals surface area contributed by atoms with Gasteiger partial charge in [-0.25, -0.2) is 4.57 Å². The number of methoxy groups -OCH3 is 1. The molecule has 9 heteroatoms. The van der Waals surface area contributed by atoms with E-state index in [1.165, 1.54) is 7.11 Å². The number of phosphoric ester groups is 1. The van der Waals surface area contributed by atoms with Gasteiger partial charge in [0.05, 0.1) is 26.9 Å². The summed E-state index contributed by atoms with van der Waals surface area (Å²) in [6.45, 7) is 4.10. The third-order valence-corrected chi connectivity index (χ3v) is 4.24. The van der Waals surface area contributed by atoms with Crippen molar-refractivity contribution in [1.82, 2.24) is 5.32 Å². The lowest BCUT2D eigenvalue weighted by Crippen LogP contribution is -2.15. The van der Waals surface area contributed by atoms with Crippen LogP contribution in [0.1, 0.15) is 18.1 Å². The van der Waals surface area contributed by atoms with Crippen LogP contribution in [0.3, 0.4) is 0 Å². The standard InChI is InChI=1S/C14H24NO6P.H3P/c1-5-19-22(17,20-7-6-15-3)21-14-12(10-16)8-11(2)9-13(14)18-4;/h8-9,15-16H,5-7,10H2,1-4H3;1H3. The van der Waals surface area contributed by atoms with Gasteiger partial charge in [0.1, 0.15) is 0 Å². The minimum absolute atomic E-state index is 0. The summed E-state index contributed by atoms with van der Waals surface area (Å²) in [7, 11) is -0.576. The zero-order valence-electron chi connectivity index (χ0n) is 14.1. The van der Waals surface area contributed by atoms with Crippen molar-refractivity contribution in [3.05, 3.63) is 23.3 Å². The van der Waals surface area contributed by atoms with Crippen molar-refractivity contribution in [2.45, 2.75) is 20.5 Å². The molecule has 0 bridgehead atoms. The molecule has 0 amide bonds. The van der Waals surface area contributed by atoms with Crippen molar-refractivity contribution in [2.75, 3.05) is 33.9 Å². The monoisotopic (exact) mass is 367 g/mol. The average Bonchev–Trinajstić information content (AvgIpc) is 2.49. The lowest BCUT2D eigenvalue weighted by molar-refractivity contribution is 0.159. The van der Waals surface area contributed by atoms with Gasteiger partial charge >= 0.3 is 7.82 Å². The molecule has 0 aliphatic carbocycles. The Morgan fingerprint density at radius 1 is 1.30 bits per heavy atom. The number of aryl methyl sites for hydroxylation is 1. The lowest BCUT2D eigenvalue weighted by atomic mass is 10.1. The molecule has 1 rings (SSSR count).